The van der Waals surface area contributed by atoms with Crippen molar-refractivity contribution in [1.29, 1.82) is 0 Å². The zero-order chi connectivity index (χ0) is 9.68. The van der Waals surface area contributed by atoms with Crippen LogP contribution in [0, 0.1) is 0 Å². The van der Waals surface area contributed by atoms with Gasteiger partial charge in [0.15, 0.2) is 0 Å². The van der Waals surface area contributed by atoms with E-state index in [1.807, 2.05) is 0 Å². The molecule has 0 fully saturated rings. The predicted octanol–water partition coefficient (Wildman–Crippen LogP) is 0.750. The van der Waals surface area contributed by atoms with Gasteiger partial charge in [-0.2, -0.15) is 0 Å². The van der Waals surface area contributed by atoms with Crippen molar-refractivity contribution in [3.63, 3.8) is 0 Å². The molecule has 72 valence electrons. The molecule has 1 amide bonds. The summed E-state index contributed by atoms with van der Waals surface area (Å²) in [7, 11) is 0. The first-order valence-electron chi connectivity index (χ1n) is 4.69. The Labute approximate surface area is 88.0 Å². The van der Waals surface area contributed by atoms with Gasteiger partial charge in [-0.25, -0.2) is 0 Å². The Balaban J connectivity index is 2.59. The Kier molecular flexibility index (Phi) is 4.30. The third-order valence-corrected chi connectivity index (χ3v) is 3.15. The van der Waals surface area contributed by atoms with E-state index in [4.69, 9.17) is 0 Å². The number of hydrogen-bond acceptors (Lipinski definition) is 1. The molecule has 1 aliphatic rings. The fourth-order valence-corrected chi connectivity index (χ4v) is 2.14. The van der Waals surface area contributed by atoms with Crippen LogP contribution in [0.2, 0.25) is 0 Å². The van der Waals surface area contributed by atoms with Crippen molar-refractivity contribution in [3.8, 4) is 0 Å². The second-order valence-corrected chi connectivity index (χ2v) is 4.44. The Hall–Kier alpha value is -0.492. The quantitative estimate of drug-likeness (QED) is 0.726. The van der Waals surface area contributed by atoms with Crippen molar-refractivity contribution < 1.29 is 4.79 Å². The molecule has 0 radical (unpaired) electrons. The van der Waals surface area contributed by atoms with Crippen LogP contribution < -0.4 is 5.32 Å². The zero-order valence-electron chi connectivity index (χ0n) is 7.97. The summed E-state index contributed by atoms with van der Waals surface area (Å²) in [5, 5.41) is 2.91. The van der Waals surface area contributed by atoms with Gasteiger partial charge >= 0.3 is 87.7 Å². The summed E-state index contributed by atoms with van der Waals surface area (Å²) in [5.41, 5.74) is 0.982. The van der Waals surface area contributed by atoms with E-state index in [2.05, 4.69) is 24.4 Å². The standard InChI is InChI=1S/C10H16AsNO/c1-2-7-12-10(13)8-5-3-4-6-9(8)11/h4,6H,2-3,5,7,11H2,1H3,(H,12,13). The van der Waals surface area contributed by atoms with E-state index in [0.29, 0.717) is 0 Å². The monoisotopic (exact) mass is 241 g/mol. The minimum atomic E-state index is 0.130. The van der Waals surface area contributed by atoms with Crippen molar-refractivity contribution >= 4 is 22.8 Å². The van der Waals surface area contributed by atoms with Crippen LogP contribution in [0.1, 0.15) is 26.2 Å². The summed E-state index contributed by atoms with van der Waals surface area (Å²) >= 11 is 1.54. The molecule has 1 atom stereocenters. The third kappa shape index (κ3) is 3.04. The molecule has 0 aliphatic heterocycles. The van der Waals surface area contributed by atoms with Gasteiger partial charge in [0, 0.05) is 0 Å². The first kappa shape index (κ1) is 10.6. The van der Waals surface area contributed by atoms with E-state index in [9.17, 15) is 4.79 Å². The van der Waals surface area contributed by atoms with Crippen molar-refractivity contribution in [1.82, 2.24) is 5.32 Å². The Morgan fingerprint density at radius 1 is 1.69 bits per heavy atom. The van der Waals surface area contributed by atoms with E-state index < -0.39 is 0 Å². The van der Waals surface area contributed by atoms with E-state index in [0.717, 1.165) is 31.4 Å². The molecule has 1 N–H and O–H groups in total. The molecule has 3 heteroatoms. The average Bonchev–Trinajstić information content (AvgIpc) is 2.15. The molecule has 2 nitrogen and oxygen atoms in total. The maximum atomic E-state index is 11.6. The Bertz CT molecular complexity index is 256. The fraction of sp³-hybridized carbons (Fsp3) is 0.500. The molecular formula is C10H16AsNO. The maximum absolute atomic E-state index is 11.6. The molecule has 0 saturated heterocycles. The Morgan fingerprint density at radius 3 is 3.08 bits per heavy atom. The van der Waals surface area contributed by atoms with Crippen LogP contribution in [-0.2, 0) is 4.79 Å². The molecule has 0 spiro atoms. The minimum absolute atomic E-state index is 0.130. The van der Waals surface area contributed by atoms with Crippen LogP contribution in [0.25, 0.3) is 0 Å². The van der Waals surface area contributed by atoms with Gasteiger partial charge in [-0.1, -0.05) is 0 Å². The summed E-state index contributed by atoms with van der Waals surface area (Å²) in [4.78, 5) is 11.6. The number of amides is 1. The molecule has 1 unspecified atom stereocenters. The molecular weight excluding hydrogens is 225 g/mol. The molecule has 13 heavy (non-hydrogen) atoms. The van der Waals surface area contributed by atoms with Crippen LogP contribution in [0.4, 0.5) is 0 Å². The second-order valence-electron chi connectivity index (χ2n) is 3.13. The first-order valence-corrected chi connectivity index (χ1v) is 5.90. The SMILES string of the molecule is CCCNC(=O)C1=C([AsH2])C=CCC1. The van der Waals surface area contributed by atoms with Crippen molar-refractivity contribution in [2.75, 3.05) is 6.54 Å². The number of carbonyl (C=O) groups is 1. The number of carbonyl (C=O) groups excluding carboxylic acids is 1. The molecule has 1 aliphatic carbocycles. The van der Waals surface area contributed by atoms with Gasteiger partial charge in [0.05, 0.1) is 0 Å². The number of allylic oxidation sites excluding steroid dienone is 3. The van der Waals surface area contributed by atoms with Gasteiger partial charge in [0.2, 0.25) is 0 Å². The van der Waals surface area contributed by atoms with Gasteiger partial charge in [0.25, 0.3) is 0 Å². The predicted molar refractivity (Wildman–Crippen MR) is 57.2 cm³/mol. The van der Waals surface area contributed by atoms with Crippen LogP contribution in [0.3, 0.4) is 0 Å². The van der Waals surface area contributed by atoms with Gasteiger partial charge < -0.3 is 0 Å². The molecule has 0 aromatic carbocycles. The number of nitrogens with one attached hydrogen (secondary N) is 1. The molecule has 0 aromatic heterocycles. The summed E-state index contributed by atoms with van der Waals surface area (Å²) in [6.45, 7) is 2.85. The Morgan fingerprint density at radius 2 is 2.46 bits per heavy atom. The molecule has 0 bridgehead atoms. The van der Waals surface area contributed by atoms with E-state index in [-0.39, 0.29) is 5.91 Å². The van der Waals surface area contributed by atoms with Crippen molar-refractivity contribution in [3.05, 3.63) is 22.1 Å². The zero-order valence-corrected chi connectivity index (χ0v) is 10.4. The fourth-order valence-electron chi connectivity index (χ4n) is 1.27. The normalized spacial score (nSPS) is 16.2. The molecule has 0 heterocycles. The van der Waals surface area contributed by atoms with Gasteiger partial charge in [-0.15, -0.1) is 0 Å². The van der Waals surface area contributed by atoms with Crippen LogP contribution >= 0.6 is 0 Å². The van der Waals surface area contributed by atoms with E-state index in [1.54, 1.807) is 0 Å². The van der Waals surface area contributed by atoms with E-state index >= 15 is 0 Å². The summed E-state index contributed by atoms with van der Waals surface area (Å²) in [5.74, 6) is 0.130. The molecule has 1 rings (SSSR count). The summed E-state index contributed by atoms with van der Waals surface area (Å²) in [6, 6.07) is 0. The average molecular weight is 241 g/mol. The summed E-state index contributed by atoms with van der Waals surface area (Å²) in [6.07, 6.45) is 7.10. The van der Waals surface area contributed by atoms with Gasteiger partial charge in [-0.3, -0.25) is 0 Å². The third-order valence-electron chi connectivity index (χ3n) is 2.02. The topological polar surface area (TPSA) is 29.1 Å². The number of rotatable bonds is 3. The van der Waals surface area contributed by atoms with Gasteiger partial charge in [-0.05, 0) is 0 Å². The van der Waals surface area contributed by atoms with Crippen molar-refractivity contribution in [2.45, 2.75) is 26.2 Å². The van der Waals surface area contributed by atoms with E-state index in [1.165, 1.54) is 21.2 Å². The molecule has 0 saturated carbocycles. The summed E-state index contributed by atoms with van der Waals surface area (Å²) < 4.78 is 1.17. The first-order chi connectivity index (χ1) is 6.25. The van der Waals surface area contributed by atoms with Crippen LogP contribution in [0.5, 0.6) is 0 Å². The number of hydrogen-bond donors (Lipinski definition) is 1. The van der Waals surface area contributed by atoms with Gasteiger partial charge in [0.1, 0.15) is 0 Å². The van der Waals surface area contributed by atoms with Crippen LogP contribution in [-0.4, -0.2) is 29.3 Å². The second kappa shape index (κ2) is 5.28. The van der Waals surface area contributed by atoms with Crippen molar-refractivity contribution in [2.24, 2.45) is 0 Å². The van der Waals surface area contributed by atoms with Crippen LogP contribution in [0.15, 0.2) is 22.1 Å². The molecule has 0 aromatic rings.